The van der Waals surface area contributed by atoms with E-state index in [1.807, 2.05) is 19.1 Å². The Labute approximate surface area is 104 Å². The summed E-state index contributed by atoms with van der Waals surface area (Å²) < 4.78 is 6.08. The van der Waals surface area contributed by atoms with Crippen LogP contribution in [-0.2, 0) is 0 Å². The zero-order chi connectivity index (χ0) is 11.7. The van der Waals surface area contributed by atoms with Crippen LogP contribution < -0.4 is 10.5 Å². The SMILES string of the molecule is CCOc1cc([C@@H]2C[C@H]2CN)cc(Br)c1O. The summed E-state index contributed by atoms with van der Waals surface area (Å²) >= 11 is 3.34. The van der Waals surface area contributed by atoms with Crippen LogP contribution in [0.1, 0.15) is 24.8 Å². The predicted molar refractivity (Wildman–Crippen MR) is 66.9 cm³/mol. The maximum atomic E-state index is 9.78. The molecule has 0 aromatic heterocycles. The fourth-order valence-electron chi connectivity index (χ4n) is 1.99. The molecular formula is C12H16BrNO2. The van der Waals surface area contributed by atoms with Crippen molar-refractivity contribution in [2.45, 2.75) is 19.3 Å². The van der Waals surface area contributed by atoms with Crippen LogP contribution in [0.15, 0.2) is 16.6 Å². The fraction of sp³-hybridized carbons (Fsp3) is 0.500. The smallest absolute Gasteiger partial charge is 0.172 e. The summed E-state index contributed by atoms with van der Waals surface area (Å²) in [6, 6.07) is 3.88. The van der Waals surface area contributed by atoms with Gasteiger partial charge < -0.3 is 15.6 Å². The second kappa shape index (κ2) is 4.63. The number of phenolic OH excluding ortho intramolecular Hbond substituents is 1. The van der Waals surface area contributed by atoms with E-state index < -0.39 is 0 Å². The minimum Gasteiger partial charge on any atom is -0.503 e. The van der Waals surface area contributed by atoms with Gasteiger partial charge in [0, 0.05) is 0 Å². The Morgan fingerprint density at radius 1 is 1.56 bits per heavy atom. The number of ether oxygens (including phenoxy) is 1. The first-order valence-corrected chi connectivity index (χ1v) is 6.32. The van der Waals surface area contributed by atoms with Gasteiger partial charge in [-0.15, -0.1) is 0 Å². The van der Waals surface area contributed by atoms with Crippen molar-refractivity contribution in [1.29, 1.82) is 0 Å². The highest BCUT2D eigenvalue weighted by atomic mass is 79.9. The Bertz CT molecular complexity index is 395. The third-order valence-corrected chi connectivity index (χ3v) is 3.61. The first-order valence-electron chi connectivity index (χ1n) is 5.52. The molecule has 2 atom stereocenters. The number of aromatic hydroxyl groups is 1. The van der Waals surface area contributed by atoms with E-state index in [1.54, 1.807) is 0 Å². The van der Waals surface area contributed by atoms with E-state index in [-0.39, 0.29) is 5.75 Å². The first-order chi connectivity index (χ1) is 7.67. The molecule has 0 aliphatic heterocycles. The molecule has 1 saturated carbocycles. The maximum absolute atomic E-state index is 9.78. The zero-order valence-electron chi connectivity index (χ0n) is 9.24. The summed E-state index contributed by atoms with van der Waals surface area (Å²) in [7, 11) is 0. The van der Waals surface area contributed by atoms with E-state index in [2.05, 4.69) is 15.9 Å². The Kier molecular flexibility index (Phi) is 3.40. The molecule has 0 spiro atoms. The predicted octanol–water partition coefficient (Wildman–Crippen LogP) is 2.62. The maximum Gasteiger partial charge on any atom is 0.172 e. The molecule has 0 radical (unpaired) electrons. The van der Waals surface area contributed by atoms with Gasteiger partial charge in [0.05, 0.1) is 11.1 Å². The Balaban J connectivity index is 2.27. The summed E-state index contributed by atoms with van der Waals surface area (Å²) in [4.78, 5) is 0. The van der Waals surface area contributed by atoms with Crippen molar-refractivity contribution in [3.63, 3.8) is 0 Å². The molecule has 0 saturated heterocycles. The summed E-state index contributed by atoms with van der Waals surface area (Å²) in [5.74, 6) is 1.84. The van der Waals surface area contributed by atoms with Crippen LogP contribution in [0.3, 0.4) is 0 Å². The van der Waals surface area contributed by atoms with Gasteiger partial charge in [0.2, 0.25) is 0 Å². The van der Waals surface area contributed by atoms with Crippen LogP contribution in [0.5, 0.6) is 11.5 Å². The monoisotopic (exact) mass is 285 g/mol. The van der Waals surface area contributed by atoms with Crippen LogP contribution >= 0.6 is 15.9 Å². The highest BCUT2D eigenvalue weighted by Gasteiger charge is 2.37. The number of halogens is 1. The van der Waals surface area contributed by atoms with Crippen molar-refractivity contribution in [1.82, 2.24) is 0 Å². The van der Waals surface area contributed by atoms with Crippen LogP contribution in [-0.4, -0.2) is 18.3 Å². The van der Waals surface area contributed by atoms with E-state index in [1.165, 1.54) is 5.56 Å². The lowest BCUT2D eigenvalue weighted by Crippen LogP contribution is -2.02. The molecule has 1 aliphatic carbocycles. The van der Waals surface area contributed by atoms with Gasteiger partial charge in [-0.25, -0.2) is 0 Å². The molecule has 3 nitrogen and oxygen atoms in total. The lowest BCUT2D eigenvalue weighted by molar-refractivity contribution is 0.317. The largest absolute Gasteiger partial charge is 0.503 e. The summed E-state index contributed by atoms with van der Waals surface area (Å²) in [6.45, 7) is 3.18. The molecule has 1 fully saturated rings. The van der Waals surface area contributed by atoms with Gasteiger partial charge in [-0.3, -0.25) is 0 Å². The van der Waals surface area contributed by atoms with Crippen molar-refractivity contribution < 1.29 is 9.84 Å². The average Bonchev–Trinajstić information content (AvgIpc) is 3.04. The van der Waals surface area contributed by atoms with Crippen LogP contribution in [0.4, 0.5) is 0 Å². The van der Waals surface area contributed by atoms with Gasteiger partial charge in [0.25, 0.3) is 0 Å². The number of phenols is 1. The lowest BCUT2D eigenvalue weighted by Gasteiger charge is -2.10. The van der Waals surface area contributed by atoms with E-state index in [9.17, 15) is 5.11 Å². The second-order valence-corrected chi connectivity index (χ2v) is 4.97. The van der Waals surface area contributed by atoms with Gasteiger partial charge in [-0.1, -0.05) is 0 Å². The molecule has 1 aromatic rings. The third-order valence-electron chi connectivity index (χ3n) is 3.00. The second-order valence-electron chi connectivity index (χ2n) is 4.12. The highest BCUT2D eigenvalue weighted by molar-refractivity contribution is 9.10. The number of rotatable bonds is 4. The normalized spacial score (nSPS) is 23.2. The van der Waals surface area contributed by atoms with Gasteiger partial charge >= 0.3 is 0 Å². The molecule has 0 unspecified atom stereocenters. The third kappa shape index (κ3) is 2.18. The molecule has 1 aromatic carbocycles. The highest BCUT2D eigenvalue weighted by Crippen LogP contribution is 2.49. The molecule has 2 rings (SSSR count). The molecule has 0 heterocycles. The van der Waals surface area contributed by atoms with Crippen molar-refractivity contribution in [2.24, 2.45) is 11.7 Å². The summed E-state index contributed by atoms with van der Waals surface area (Å²) in [6.07, 6.45) is 1.14. The fourth-order valence-corrected chi connectivity index (χ4v) is 2.45. The molecule has 0 amide bonds. The standard InChI is InChI=1S/C12H16BrNO2/c1-2-16-11-5-7(4-10(13)12(11)15)9-3-8(9)6-14/h4-5,8-9,15H,2-3,6,14H2,1H3/t8-,9-/m0/s1. The number of nitrogens with two attached hydrogens (primary N) is 1. The summed E-state index contributed by atoms with van der Waals surface area (Å²) in [5.41, 5.74) is 6.83. The van der Waals surface area contributed by atoms with Crippen molar-refractivity contribution in [3.05, 3.63) is 22.2 Å². The average molecular weight is 286 g/mol. The molecule has 16 heavy (non-hydrogen) atoms. The van der Waals surface area contributed by atoms with Gasteiger partial charge in [0.1, 0.15) is 0 Å². The van der Waals surface area contributed by atoms with Crippen LogP contribution in [0, 0.1) is 5.92 Å². The van der Waals surface area contributed by atoms with Crippen LogP contribution in [0.25, 0.3) is 0 Å². The molecule has 0 bridgehead atoms. The molecule has 1 aliphatic rings. The van der Waals surface area contributed by atoms with E-state index >= 15 is 0 Å². The van der Waals surface area contributed by atoms with Gasteiger partial charge in [-0.05, 0) is 65.4 Å². The Morgan fingerprint density at radius 2 is 2.31 bits per heavy atom. The lowest BCUT2D eigenvalue weighted by atomic mass is 10.1. The van der Waals surface area contributed by atoms with E-state index in [4.69, 9.17) is 10.5 Å². The van der Waals surface area contributed by atoms with Crippen molar-refractivity contribution >= 4 is 15.9 Å². The van der Waals surface area contributed by atoms with E-state index in [0.717, 1.165) is 13.0 Å². The first kappa shape index (κ1) is 11.7. The van der Waals surface area contributed by atoms with Crippen LogP contribution in [0.2, 0.25) is 0 Å². The molecule has 88 valence electrons. The topological polar surface area (TPSA) is 55.5 Å². The van der Waals surface area contributed by atoms with Crippen molar-refractivity contribution in [3.8, 4) is 11.5 Å². The Morgan fingerprint density at radius 3 is 2.88 bits per heavy atom. The number of benzene rings is 1. The van der Waals surface area contributed by atoms with Gasteiger partial charge in [0.15, 0.2) is 11.5 Å². The quantitative estimate of drug-likeness (QED) is 0.894. The van der Waals surface area contributed by atoms with E-state index in [0.29, 0.717) is 28.7 Å². The van der Waals surface area contributed by atoms with Crippen molar-refractivity contribution in [2.75, 3.05) is 13.2 Å². The number of hydrogen-bond acceptors (Lipinski definition) is 3. The molecular weight excluding hydrogens is 270 g/mol. The minimum atomic E-state index is 0.176. The number of hydrogen-bond donors (Lipinski definition) is 2. The molecule has 4 heteroatoms. The van der Waals surface area contributed by atoms with Gasteiger partial charge in [-0.2, -0.15) is 0 Å². The summed E-state index contributed by atoms with van der Waals surface area (Å²) in [5, 5.41) is 9.78. The molecule has 3 N–H and O–H groups in total. The minimum absolute atomic E-state index is 0.176. The Hall–Kier alpha value is -0.740. The zero-order valence-corrected chi connectivity index (χ0v) is 10.8.